The van der Waals surface area contributed by atoms with Crippen LogP contribution >= 0.6 is 0 Å². The minimum Gasteiger partial charge on any atom is -0.497 e. The second-order valence-electron chi connectivity index (χ2n) is 6.18. The Hall–Kier alpha value is -1.06. The smallest absolute Gasteiger partial charge is 0.118 e. The van der Waals surface area contributed by atoms with Gasteiger partial charge in [0.15, 0.2) is 0 Å². The van der Waals surface area contributed by atoms with E-state index >= 15 is 0 Å². The van der Waals surface area contributed by atoms with Crippen molar-refractivity contribution in [2.45, 2.75) is 50.2 Å². The highest BCUT2D eigenvalue weighted by Crippen LogP contribution is 2.35. The highest BCUT2D eigenvalue weighted by Gasteiger charge is 2.39. The molecule has 2 unspecified atom stereocenters. The molecule has 3 nitrogen and oxygen atoms in total. The van der Waals surface area contributed by atoms with Gasteiger partial charge in [0.2, 0.25) is 0 Å². The lowest BCUT2D eigenvalue weighted by atomic mass is 9.97. The first-order valence-corrected chi connectivity index (χ1v) is 7.86. The summed E-state index contributed by atoms with van der Waals surface area (Å²) in [6.07, 6.45) is 6.60. The van der Waals surface area contributed by atoms with Crippen LogP contribution < -0.4 is 10.1 Å². The molecule has 2 saturated heterocycles. The summed E-state index contributed by atoms with van der Waals surface area (Å²) in [4.78, 5) is 2.76. The molecule has 0 spiro atoms. The summed E-state index contributed by atoms with van der Waals surface area (Å²) in [6.45, 7) is 1.21. The van der Waals surface area contributed by atoms with Crippen LogP contribution in [0.3, 0.4) is 0 Å². The Kier molecular flexibility index (Phi) is 4.27. The molecule has 1 aromatic rings. The monoisotopic (exact) mass is 274 g/mol. The van der Waals surface area contributed by atoms with Crippen molar-refractivity contribution in [2.24, 2.45) is 0 Å². The van der Waals surface area contributed by atoms with E-state index in [9.17, 15) is 0 Å². The van der Waals surface area contributed by atoms with Crippen molar-refractivity contribution < 1.29 is 4.74 Å². The van der Waals surface area contributed by atoms with Crippen LogP contribution in [0.25, 0.3) is 0 Å². The van der Waals surface area contributed by atoms with E-state index in [2.05, 4.69) is 41.5 Å². The van der Waals surface area contributed by atoms with Gasteiger partial charge in [0.25, 0.3) is 0 Å². The average molecular weight is 274 g/mol. The third kappa shape index (κ3) is 2.84. The molecule has 2 aliphatic heterocycles. The molecule has 0 aromatic heterocycles. The summed E-state index contributed by atoms with van der Waals surface area (Å²) in [5.74, 6) is 0.948. The lowest BCUT2D eigenvalue weighted by Crippen LogP contribution is -2.48. The summed E-state index contributed by atoms with van der Waals surface area (Å²) >= 11 is 0. The number of hydrogen-bond acceptors (Lipinski definition) is 3. The molecule has 2 atom stereocenters. The number of nitrogens with one attached hydrogen (secondary N) is 1. The zero-order chi connectivity index (χ0) is 13.9. The van der Waals surface area contributed by atoms with Crippen LogP contribution in [0.4, 0.5) is 0 Å². The molecule has 110 valence electrons. The molecule has 2 bridgehead atoms. The molecule has 3 rings (SSSR count). The summed E-state index contributed by atoms with van der Waals surface area (Å²) in [5.41, 5.74) is 1.42. The molecular formula is C17H26N2O. The molecule has 0 saturated carbocycles. The quantitative estimate of drug-likeness (QED) is 0.892. The number of methoxy groups -OCH3 is 1. The Morgan fingerprint density at radius 1 is 1.15 bits per heavy atom. The van der Waals surface area contributed by atoms with Crippen LogP contribution in [0.1, 0.15) is 31.2 Å². The minimum atomic E-state index is 0.740. The van der Waals surface area contributed by atoms with E-state index in [1.54, 1.807) is 7.11 Å². The van der Waals surface area contributed by atoms with Gasteiger partial charge in [-0.3, -0.25) is 4.90 Å². The van der Waals surface area contributed by atoms with E-state index in [4.69, 9.17) is 4.74 Å². The summed E-state index contributed by atoms with van der Waals surface area (Å²) in [6, 6.07) is 10.9. The Morgan fingerprint density at radius 2 is 1.80 bits per heavy atom. The highest BCUT2D eigenvalue weighted by molar-refractivity contribution is 5.27. The molecule has 1 aromatic carbocycles. The van der Waals surface area contributed by atoms with Gasteiger partial charge in [-0.15, -0.1) is 0 Å². The molecule has 0 aliphatic carbocycles. The number of rotatable bonds is 5. The van der Waals surface area contributed by atoms with Crippen molar-refractivity contribution >= 4 is 0 Å². The van der Waals surface area contributed by atoms with E-state index in [0.717, 1.165) is 30.3 Å². The lowest BCUT2D eigenvalue weighted by Gasteiger charge is -2.39. The van der Waals surface area contributed by atoms with Gasteiger partial charge < -0.3 is 10.1 Å². The highest BCUT2D eigenvalue weighted by atomic mass is 16.5. The van der Waals surface area contributed by atoms with Gasteiger partial charge in [-0.25, -0.2) is 0 Å². The van der Waals surface area contributed by atoms with Crippen molar-refractivity contribution in [3.05, 3.63) is 29.8 Å². The van der Waals surface area contributed by atoms with Crippen LogP contribution in [-0.4, -0.2) is 43.7 Å². The average Bonchev–Trinajstić information content (AvgIpc) is 2.74. The molecule has 3 heteroatoms. The fourth-order valence-electron chi connectivity index (χ4n) is 3.93. The maximum atomic E-state index is 5.21. The number of fused-ring (bicyclic) bond motifs is 2. The van der Waals surface area contributed by atoms with E-state index in [1.165, 1.54) is 37.8 Å². The van der Waals surface area contributed by atoms with Crippen molar-refractivity contribution in [3.8, 4) is 5.75 Å². The van der Waals surface area contributed by atoms with Gasteiger partial charge in [-0.2, -0.15) is 0 Å². The van der Waals surface area contributed by atoms with Crippen LogP contribution in [0.15, 0.2) is 24.3 Å². The van der Waals surface area contributed by atoms with Crippen molar-refractivity contribution in [1.29, 1.82) is 0 Å². The second kappa shape index (κ2) is 6.15. The van der Waals surface area contributed by atoms with E-state index in [1.807, 2.05) is 0 Å². The standard InChI is InChI=1S/C17H26N2O/c1-18-14-11-15-5-6-16(12-14)19(15)10-9-13-3-7-17(20-2)8-4-13/h3-4,7-8,14-16,18H,5-6,9-12H2,1-2H3. The lowest BCUT2D eigenvalue weighted by molar-refractivity contribution is 0.121. The third-order valence-corrected chi connectivity index (χ3v) is 5.11. The van der Waals surface area contributed by atoms with E-state index in [-0.39, 0.29) is 0 Å². The van der Waals surface area contributed by atoms with Gasteiger partial charge in [0.1, 0.15) is 5.75 Å². The second-order valence-corrected chi connectivity index (χ2v) is 6.18. The van der Waals surface area contributed by atoms with Crippen LogP contribution in [0.5, 0.6) is 5.75 Å². The van der Waals surface area contributed by atoms with Gasteiger partial charge in [0.05, 0.1) is 7.11 Å². The fourth-order valence-corrected chi connectivity index (χ4v) is 3.93. The predicted molar refractivity (Wildman–Crippen MR) is 82.3 cm³/mol. The number of benzene rings is 1. The minimum absolute atomic E-state index is 0.740. The van der Waals surface area contributed by atoms with Crippen molar-refractivity contribution in [3.63, 3.8) is 0 Å². The van der Waals surface area contributed by atoms with Crippen LogP contribution in [0.2, 0.25) is 0 Å². The summed E-state index contributed by atoms with van der Waals surface area (Å²) in [5, 5.41) is 3.47. The largest absolute Gasteiger partial charge is 0.497 e. The maximum absolute atomic E-state index is 5.21. The van der Waals surface area contributed by atoms with Crippen molar-refractivity contribution in [2.75, 3.05) is 20.7 Å². The zero-order valence-electron chi connectivity index (χ0n) is 12.6. The van der Waals surface area contributed by atoms with Gasteiger partial charge >= 0.3 is 0 Å². The molecule has 2 fully saturated rings. The zero-order valence-corrected chi connectivity index (χ0v) is 12.6. The number of ether oxygens (including phenoxy) is 1. The Labute approximate surface area is 122 Å². The van der Waals surface area contributed by atoms with Gasteiger partial charge in [0, 0.05) is 24.7 Å². The first kappa shape index (κ1) is 13.9. The molecule has 1 N–H and O–H groups in total. The molecule has 20 heavy (non-hydrogen) atoms. The third-order valence-electron chi connectivity index (χ3n) is 5.11. The number of nitrogens with zero attached hydrogens (tertiary/aromatic N) is 1. The molecule has 2 heterocycles. The molecular weight excluding hydrogens is 248 g/mol. The summed E-state index contributed by atoms with van der Waals surface area (Å²) in [7, 11) is 3.83. The number of piperidine rings is 1. The van der Waals surface area contributed by atoms with Crippen LogP contribution in [-0.2, 0) is 6.42 Å². The van der Waals surface area contributed by atoms with Crippen LogP contribution in [0, 0.1) is 0 Å². The first-order valence-electron chi connectivity index (χ1n) is 7.86. The summed E-state index contributed by atoms with van der Waals surface area (Å²) < 4.78 is 5.21. The number of hydrogen-bond donors (Lipinski definition) is 1. The maximum Gasteiger partial charge on any atom is 0.118 e. The Morgan fingerprint density at radius 3 is 2.35 bits per heavy atom. The first-order chi connectivity index (χ1) is 9.80. The Balaban J connectivity index is 1.56. The van der Waals surface area contributed by atoms with Gasteiger partial charge in [-0.1, -0.05) is 12.1 Å². The Bertz CT molecular complexity index is 417. The predicted octanol–water partition coefficient (Wildman–Crippen LogP) is 2.45. The molecule has 0 radical (unpaired) electrons. The van der Waals surface area contributed by atoms with E-state index in [0.29, 0.717) is 0 Å². The van der Waals surface area contributed by atoms with Gasteiger partial charge in [-0.05, 0) is 56.8 Å². The topological polar surface area (TPSA) is 24.5 Å². The SMILES string of the molecule is CNC1CC2CCC(C1)N2CCc1ccc(OC)cc1. The normalized spacial score (nSPS) is 29.6. The van der Waals surface area contributed by atoms with Crippen molar-refractivity contribution in [1.82, 2.24) is 10.2 Å². The fraction of sp³-hybridized carbons (Fsp3) is 0.647. The molecule has 0 amide bonds. The van der Waals surface area contributed by atoms with E-state index < -0.39 is 0 Å². The molecule has 2 aliphatic rings.